The normalized spacial score (nSPS) is 12.3. The van der Waals surface area contributed by atoms with Gasteiger partial charge < -0.3 is 14.8 Å². The SMILES string of the molecule is CCOc1ccc(/C=C/C(=O)NCC(c2cccnc2)S(=O)(=O)c2ccc(OC)cc2)cc1. The lowest BCUT2D eigenvalue weighted by Crippen LogP contribution is -2.31. The van der Waals surface area contributed by atoms with Crippen LogP contribution in [0.5, 0.6) is 11.5 Å². The van der Waals surface area contributed by atoms with Gasteiger partial charge in [0.05, 0.1) is 18.6 Å². The van der Waals surface area contributed by atoms with Crippen molar-refractivity contribution in [3.63, 3.8) is 0 Å². The van der Waals surface area contributed by atoms with E-state index in [1.54, 1.807) is 36.5 Å². The maximum atomic E-state index is 13.4. The number of nitrogens with one attached hydrogen (secondary N) is 1. The molecule has 7 nitrogen and oxygen atoms in total. The van der Waals surface area contributed by atoms with Gasteiger partial charge >= 0.3 is 0 Å². The molecule has 0 fully saturated rings. The summed E-state index contributed by atoms with van der Waals surface area (Å²) in [6.45, 7) is 2.38. The fourth-order valence-corrected chi connectivity index (χ4v) is 4.81. The molecule has 3 rings (SSSR count). The second-order valence-corrected chi connectivity index (χ2v) is 9.21. The monoisotopic (exact) mass is 466 g/mol. The van der Waals surface area contributed by atoms with Crippen LogP contribution in [0, 0.1) is 0 Å². The average molecular weight is 467 g/mol. The third kappa shape index (κ3) is 6.43. The molecular weight excluding hydrogens is 440 g/mol. The van der Waals surface area contributed by atoms with Gasteiger partial charge in [-0.15, -0.1) is 0 Å². The van der Waals surface area contributed by atoms with Gasteiger partial charge in [-0.2, -0.15) is 0 Å². The number of aromatic nitrogens is 1. The van der Waals surface area contributed by atoms with E-state index in [9.17, 15) is 13.2 Å². The lowest BCUT2D eigenvalue weighted by molar-refractivity contribution is -0.116. The number of methoxy groups -OCH3 is 1. The topological polar surface area (TPSA) is 94.6 Å². The van der Waals surface area contributed by atoms with Gasteiger partial charge in [0.2, 0.25) is 5.91 Å². The van der Waals surface area contributed by atoms with Crippen molar-refractivity contribution < 1.29 is 22.7 Å². The summed E-state index contributed by atoms with van der Waals surface area (Å²) in [4.78, 5) is 16.6. The summed E-state index contributed by atoms with van der Waals surface area (Å²) in [5, 5.41) is 1.70. The smallest absolute Gasteiger partial charge is 0.244 e. The van der Waals surface area contributed by atoms with E-state index in [1.165, 1.54) is 31.5 Å². The Labute approximate surface area is 194 Å². The molecule has 0 bridgehead atoms. The molecular formula is C25H26N2O5S. The molecule has 0 aliphatic carbocycles. The number of sulfone groups is 1. The zero-order chi connectivity index (χ0) is 23.7. The molecule has 2 aromatic carbocycles. The molecule has 0 aliphatic heterocycles. The van der Waals surface area contributed by atoms with E-state index in [1.807, 2.05) is 31.2 Å². The van der Waals surface area contributed by atoms with Crippen molar-refractivity contribution in [2.45, 2.75) is 17.1 Å². The van der Waals surface area contributed by atoms with Gasteiger partial charge in [-0.3, -0.25) is 9.78 Å². The van der Waals surface area contributed by atoms with Gasteiger partial charge in [-0.1, -0.05) is 18.2 Å². The van der Waals surface area contributed by atoms with Gasteiger partial charge in [0.1, 0.15) is 16.7 Å². The number of carbonyl (C=O) groups excluding carboxylic acids is 1. The fraction of sp³-hybridized carbons (Fsp3) is 0.200. The highest BCUT2D eigenvalue weighted by Gasteiger charge is 2.29. The summed E-state index contributed by atoms with van der Waals surface area (Å²) in [6.07, 6.45) is 6.09. The first kappa shape index (κ1) is 24.0. The van der Waals surface area contributed by atoms with E-state index in [4.69, 9.17) is 9.47 Å². The first-order chi connectivity index (χ1) is 15.9. The number of carbonyl (C=O) groups is 1. The Kier molecular flexibility index (Phi) is 8.21. The molecule has 1 atom stereocenters. The predicted octanol–water partition coefficient (Wildman–Crippen LogP) is 3.83. The summed E-state index contributed by atoms with van der Waals surface area (Å²) < 4.78 is 37.2. The van der Waals surface area contributed by atoms with Crippen LogP contribution in [0.3, 0.4) is 0 Å². The van der Waals surface area contributed by atoms with Gasteiger partial charge in [0.15, 0.2) is 9.84 Å². The van der Waals surface area contributed by atoms with Crippen LogP contribution in [0.1, 0.15) is 23.3 Å². The average Bonchev–Trinajstić information content (AvgIpc) is 2.84. The minimum atomic E-state index is -3.80. The Morgan fingerprint density at radius 1 is 1.06 bits per heavy atom. The summed E-state index contributed by atoms with van der Waals surface area (Å²) in [6, 6.07) is 16.8. The van der Waals surface area contributed by atoms with Crippen molar-refractivity contribution in [2.75, 3.05) is 20.3 Å². The van der Waals surface area contributed by atoms with Crippen molar-refractivity contribution in [1.82, 2.24) is 10.3 Å². The van der Waals surface area contributed by atoms with E-state index in [0.29, 0.717) is 17.9 Å². The van der Waals surface area contributed by atoms with Crippen LogP contribution in [0.4, 0.5) is 0 Å². The Morgan fingerprint density at radius 3 is 2.36 bits per heavy atom. The molecule has 0 radical (unpaired) electrons. The Balaban J connectivity index is 1.74. The number of benzene rings is 2. The van der Waals surface area contributed by atoms with Crippen LogP contribution in [0.15, 0.2) is 84.0 Å². The quantitative estimate of drug-likeness (QED) is 0.456. The number of nitrogens with zero attached hydrogens (tertiary/aromatic N) is 1. The molecule has 0 saturated carbocycles. The van der Waals surface area contributed by atoms with Gasteiger partial charge in [-0.25, -0.2) is 8.42 Å². The highest BCUT2D eigenvalue weighted by atomic mass is 32.2. The highest BCUT2D eigenvalue weighted by Crippen LogP contribution is 2.29. The minimum Gasteiger partial charge on any atom is -0.497 e. The lowest BCUT2D eigenvalue weighted by atomic mass is 10.2. The molecule has 0 aliphatic rings. The third-order valence-electron chi connectivity index (χ3n) is 4.90. The number of rotatable bonds is 10. The Morgan fingerprint density at radius 2 is 1.76 bits per heavy atom. The van der Waals surface area contributed by atoms with E-state index < -0.39 is 21.0 Å². The largest absolute Gasteiger partial charge is 0.497 e. The number of ether oxygens (including phenoxy) is 2. The summed E-state index contributed by atoms with van der Waals surface area (Å²) in [7, 11) is -2.29. The Hall–Kier alpha value is -3.65. The van der Waals surface area contributed by atoms with Gasteiger partial charge in [-0.05, 0) is 66.6 Å². The molecule has 3 aromatic rings. The molecule has 172 valence electrons. The minimum absolute atomic E-state index is 0.105. The molecule has 8 heteroatoms. The number of amides is 1. The maximum Gasteiger partial charge on any atom is 0.244 e. The summed E-state index contributed by atoms with van der Waals surface area (Å²) in [5.74, 6) is 0.907. The van der Waals surface area contributed by atoms with Crippen LogP contribution in [-0.4, -0.2) is 39.6 Å². The second kappa shape index (κ2) is 11.3. The van der Waals surface area contributed by atoms with Crippen LogP contribution in [-0.2, 0) is 14.6 Å². The van der Waals surface area contributed by atoms with Crippen LogP contribution >= 0.6 is 0 Å². The number of pyridine rings is 1. The van der Waals surface area contributed by atoms with Crippen molar-refractivity contribution in [3.05, 3.63) is 90.3 Å². The first-order valence-electron chi connectivity index (χ1n) is 10.4. The second-order valence-electron chi connectivity index (χ2n) is 7.08. The molecule has 0 spiro atoms. The fourth-order valence-electron chi connectivity index (χ4n) is 3.17. The molecule has 33 heavy (non-hydrogen) atoms. The van der Waals surface area contributed by atoms with Crippen molar-refractivity contribution >= 4 is 21.8 Å². The van der Waals surface area contributed by atoms with E-state index >= 15 is 0 Å². The lowest BCUT2D eigenvalue weighted by Gasteiger charge is -2.18. The zero-order valence-corrected chi connectivity index (χ0v) is 19.3. The third-order valence-corrected chi connectivity index (χ3v) is 7.02. The van der Waals surface area contributed by atoms with Gasteiger partial charge in [0, 0.05) is 25.0 Å². The zero-order valence-electron chi connectivity index (χ0n) is 18.5. The van der Waals surface area contributed by atoms with Gasteiger partial charge in [0.25, 0.3) is 0 Å². The van der Waals surface area contributed by atoms with Crippen LogP contribution in [0.25, 0.3) is 6.08 Å². The molecule has 0 saturated heterocycles. The molecule has 1 heterocycles. The molecule has 1 N–H and O–H groups in total. The molecule has 1 aromatic heterocycles. The summed E-state index contributed by atoms with van der Waals surface area (Å²) >= 11 is 0. The maximum absolute atomic E-state index is 13.4. The Bertz CT molecular complexity index is 1180. The summed E-state index contributed by atoms with van der Waals surface area (Å²) in [5.41, 5.74) is 1.31. The molecule has 1 amide bonds. The van der Waals surface area contributed by atoms with Crippen LogP contribution in [0.2, 0.25) is 0 Å². The van der Waals surface area contributed by atoms with Crippen LogP contribution < -0.4 is 14.8 Å². The molecule has 1 unspecified atom stereocenters. The van der Waals surface area contributed by atoms with E-state index in [2.05, 4.69) is 10.3 Å². The van der Waals surface area contributed by atoms with E-state index in [-0.39, 0.29) is 11.4 Å². The van der Waals surface area contributed by atoms with E-state index in [0.717, 1.165) is 11.3 Å². The highest BCUT2D eigenvalue weighted by molar-refractivity contribution is 7.91. The van der Waals surface area contributed by atoms with Crippen molar-refractivity contribution in [3.8, 4) is 11.5 Å². The number of hydrogen-bond acceptors (Lipinski definition) is 6. The standard InChI is InChI=1S/C25H26N2O5S/c1-3-32-22-9-6-19(7-10-22)8-15-25(28)27-18-24(20-5-4-16-26-17-20)33(29,30)23-13-11-21(31-2)12-14-23/h4-17,24H,3,18H2,1-2H3,(H,27,28)/b15-8+. The van der Waals surface area contributed by atoms with Crippen molar-refractivity contribution in [1.29, 1.82) is 0 Å². The number of hydrogen-bond donors (Lipinski definition) is 1. The first-order valence-corrected chi connectivity index (χ1v) is 12.0. The predicted molar refractivity (Wildman–Crippen MR) is 127 cm³/mol. The van der Waals surface area contributed by atoms with Crippen molar-refractivity contribution in [2.24, 2.45) is 0 Å².